The number of morpholine rings is 1. The molecule has 1 fully saturated rings. The predicted molar refractivity (Wildman–Crippen MR) is 145 cm³/mol. The smallest absolute Gasteiger partial charge is 0.195 e. The highest BCUT2D eigenvalue weighted by molar-refractivity contribution is 14.0. The number of anilines is 1. The van der Waals surface area contributed by atoms with E-state index in [1.807, 2.05) is 24.3 Å². The Labute approximate surface area is 214 Å². The molecule has 0 bridgehead atoms. The van der Waals surface area contributed by atoms with Gasteiger partial charge in [-0.3, -0.25) is 9.89 Å². The second kappa shape index (κ2) is 15.1. The number of nitrogens with zero attached hydrogens (tertiary/aromatic N) is 2. The summed E-state index contributed by atoms with van der Waals surface area (Å²) in [7, 11) is 3.47. The Bertz CT molecular complexity index is 865. The first-order chi connectivity index (χ1) is 15.7. The molecule has 3 rings (SSSR count). The first-order valence-corrected chi connectivity index (χ1v) is 11.3. The normalized spacial score (nSPS) is 16.7. The van der Waals surface area contributed by atoms with Gasteiger partial charge in [-0.25, -0.2) is 0 Å². The van der Waals surface area contributed by atoms with Crippen molar-refractivity contribution in [2.75, 3.05) is 52.4 Å². The van der Waals surface area contributed by atoms with Gasteiger partial charge >= 0.3 is 0 Å². The highest BCUT2D eigenvalue weighted by Gasteiger charge is 2.16. The number of methoxy groups -OCH3 is 1. The topological polar surface area (TPSA) is 67.4 Å². The predicted octanol–water partition coefficient (Wildman–Crippen LogP) is 4.13. The third kappa shape index (κ3) is 9.87. The zero-order valence-electron chi connectivity index (χ0n) is 19.9. The molecular weight excluding hydrogens is 531 g/mol. The monoisotopic (exact) mass is 568 g/mol. The molecule has 7 nitrogen and oxygen atoms in total. The first-order valence-electron chi connectivity index (χ1n) is 11.3. The van der Waals surface area contributed by atoms with Crippen LogP contribution in [-0.2, 0) is 22.6 Å². The summed E-state index contributed by atoms with van der Waals surface area (Å²) in [6, 6.07) is 16.6. The van der Waals surface area contributed by atoms with Crippen LogP contribution < -0.4 is 15.4 Å². The summed E-state index contributed by atoms with van der Waals surface area (Å²) in [5, 5.41) is 6.74. The van der Waals surface area contributed by atoms with Crippen molar-refractivity contribution in [2.24, 2.45) is 4.99 Å². The Balaban J connectivity index is 0.00000385. The van der Waals surface area contributed by atoms with Crippen LogP contribution in [0.25, 0.3) is 0 Å². The van der Waals surface area contributed by atoms with Crippen LogP contribution >= 0.6 is 24.0 Å². The molecule has 1 heterocycles. The average Bonchev–Trinajstić information content (AvgIpc) is 2.80. The summed E-state index contributed by atoms with van der Waals surface area (Å²) in [6.45, 7) is 7.88. The minimum atomic E-state index is 0. The summed E-state index contributed by atoms with van der Waals surface area (Å²) < 4.78 is 16.5. The van der Waals surface area contributed by atoms with Gasteiger partial charge in [0.15, 0.2) is 5.96 Å². The van der Waals surface area contributed by atoms with Gasteiger partial charge in [0.05, 0.1) is 19.3 Å². The molecule has 0 aliphatic carbocycles. The zero-order valence-corrected chi connectivity index (χ0v) is 22.2. The van der Waals surface area contributed by atoms with Crippen molar-refractivity contribution in [1.29, 1.82) is 0 Å². The molecule has 2 N–H and O–H groups in total. The van der Waals surface area contributed by atoms with Gasteiger partial charge in [0.1, 0.15) is 5.75 Å². The van der Waals surface area contributed by atoms with Crippen LogP contribution in [0.3, 0.4) is 0 Å². The Morgan fingerprint density at radius 1 is 1.15 bits per heavy atom. The SMILES string of the molecule is CN=C(NCc1cccc(CN2CCOC(C)C2)c1)Nc1cccc(OCCCOC)c1.I. The molecule has 0 spiro atoms. The molecule has 2 aromatic carbocycles. The van der Waals surface area contributed by atoms with Crippen LogP contribution in [0.1, 0.15) is 24.5 Å². The van der Waals surface area contributed by atoms with E-state index < -0.39 is 0 Å². The molecule has 1 aliphatic rings. The van der Waals surface area contributed by atoms with E-state index in [9.17, 15) is 0 Å². The van der Waals surface area contributed by atoms with Crippen molar-refractivity contribution in [3.63, 3.8) is 0 Å². The molecule has 182 valence electrons. The molecule has 1 aliphatic heterocycles. The maximum absolute atomic E-state index is 5.78. The second-order valence-electron chi connectivity index (χ2n) is 8.01. The molecule has 1 unspecified atom stereocenters. The van der Waals surface area contributed by atoms with Gasteiger partial charge in [-0.15, -0.1) is 24.0 Å². The fourth-order valence-electron chi connectivity index (χ4n) is 3.69. The molecule has 8 heteroatoms. The molecule has 1 saturated heterocycles. The first kappa shape index (κ1) is 27.4. The van der Waals surface area contributed by atoms with E-state index in [0.717, 1.165) is 44.1 Å². The lowest BCUT2D eigenvalue weighted by Crippen LogP contribution is -2.40. The largest absolute Gasteiger partial charge is 0.493 e. The Morgan fingerprint density at radius 3 is 2.76 bits per heavy atom. The number of ether oxygens (including phenoxy) is 3. The summed E-state index contributed by atoms with van der Waals surface area (Å²) in [6.07, 6.45) is 1.17. The quantitative estimate of drug-likeness (QED) is 0.195. The van der Waals surface area contributed by atoms with Gasteiger partial charge < -0.3 is 24.8 Å². The highest BCUT2D eigenvalue weighted by atomic mass is 127. The number of halogens is 1. The molecule has 0 saturated carbocycles. The zero-order chi connectivity index (χ0) is 22.6. The van der Waals surface area contributed by atoms with Gasteiger partial charge in [0, 0.05) is 65.1 Å². The van der Waals surface area contributed by atoms with E-state index in [1.54, 1.807) is 14.2 Å². The van der Waals surface area contributed by atoms with Crippen molar-refractivity contribution < 1.29 is 14.2 Å². The lowest BCUT2D eigenvalue weighted by atomic mass is 10.1. The van der Waals surface area contributed by atoms with Crippen molar-refractivity contribution in [3.8, 4) is 5.75 Å². The molecule has 0 aromatic heterocycles. The maximum Gasteiger partial charge on any atom is 0.195 e. The maximum atomic E-state index is 5.78. The van der Waals surface area contributed by atoms with Crippen molar-refractivity contribution in [2.45, 2.75) is 32.5 Å². The third-order valence-electron chi connectivity index (χ3n) is 5.26. The fourth-order valence-corrected chi connectivity index (χ4v) is 3.69. The van der Waals surface area contributed by atoms with Gasteiger partial charge in [-0.2, -0.15) is 0 Å². The van der Waals surface area contributed by atoms with E-state index in [-0.39, 0.29) is 24.0 Å². The number of hydrogen-bond donors (Lipinski definition) is 2. The number of guanidine groups is 1. The summed E-state index contributed by atoms with van der Waals surface area (Å²) in [5.74, 6) is 1.54. The Kier molecular flexibility index (Phi) is 12.5. The average molecular weight is 569 g/mol. The van der Waals surface area contributed by atoms with Gasteiger partial charge in [-0.1, -0.05) is 30.3 Å². The van der Waals surface area contributed by atoms with Gasteiger partial charge in [0.25, 0.3) is 0 Å². The molecule has 0 radical (unpaired) electrons. The van der Waals surface area contributed by atoms with Crippen LogP contribution in [0.15, 0.2) is 53.5 Å². The number of hydrogen-bond acceptors (Lipinski definition) is 5. The summed E-state index contributed by atoms with van der Waals surface area (Å²) in [5.41, 5.74) is 3.47. The van der Waals surface area contributed by atoms with Crippen LogP contribution in [0, 0.1) is 0 Å². The lowest BCUT2D eigenvalue weighted by Gasteiger charge is -2.31. The molecule has 33 heavy (non-hydrogen) atoms. The van der Waals surface area contributed by atoms with E-state index in [2.05, 4.69) is 51.7 Å². The van der Waals surface area contributed by atoms with E-state index in [0.29, 0.717) is 31.8 Å². The number of nitrogens with one attached hydrogen (secondary N) is 2. The van der Waals surface area contributed by atoms with Crippen molar-refractivity contribution in [3.05, 3.63) is 59.7 Å². The lowest BCUT2D eigenvalue weighted by molar-refractivity contribution is -0.0212. The second-order valence-corrected chi connectivity index (χ2v) is 8.01. The Hall–Kier alpha value is -1.88. The van der Waals surface area contributed by atoms with Crippen LogP contribution in [0.5, 0.6) is 5.75 Å². The molecule has 1 atom stereocenters. The van der Waals surface area contributed by atoms with Crippen LogP contribution in [-0.4, -0.2) is 64.0 Å². The van der Waals surface area contributed by atoms with E-state index in [1.165, 1.54) is 11.1 Å². The van der Waals surface area contributed by atoms with Crippen LogP contribution in [0.2, 0.25) is 0 Å². The summed E-state index contributed by atoms with van der Waals surface area (Å²) in [4.78, 5) is 6.80. The molecular formula is C25H37IN4O3. The van der Waals surface area contributed by atoms with Crippen molar-refractivity contribution >= 4 is 35.6 Å². The molecule has 0 amide bonds. The molecule has 2 aromatic rings. The Morgan fingerprint density at radius 2 is 1.97 bits per heavy atom. The van der Waals surface area contributed by atoms with E-state index in [4.69, 9.17) is 14.2 Å². The van der Waals surface area contributed by atoms with Gasteiger partial charge in [-0.05, 0) is 30.2 Å². The minimum Gasteiger partial charge on any atom is -0.493 e. The number of aliphatic imine (C=N–C) groups is 1. The number of rotatable bonds is 10. The van der Waals surface area contributed by atoms with Crippen LogP contribution in [0.4, 0.5) is 5.69 Å². The fraction of sp³-hybridized carbons (Fsp3) is 0.480. The third-order valence-corrected chi connectivity index (χ3v) is 5.26. The summed E-state index contributed by atoms with van der Waals surface area (Å²) >= 11 is 0. The number of benzene rings is 2. The minimum absolute atomic E-state index is 0. The standard InChI is InChI=1S/C25H36N4O3.HI/c1-20-18-29(11-14-31-20)19-22-8-4-7-21(15-22)17-27-25(26-2)28-23-9-5-10-24(16-23)32-13-6-12-30-3;/h4-5,7-10,15-16,20H,6,11-14,17-19H2,1-3H3,(H2,26,27,28);1H. The van der Waals surface area contributed by atoms with Gasteiger partial charge in [0.2, 0.25) is 0 Å². The van der Waals surface area contributed by atoms with E-state index >= 15 is 0 Å². The van der Waals surface area contributed by atoms with Crippen molar-refractivity contribution in [1.82, 2.24) is 10.2 Å². The highest BCUT2D eigenvalue weighted by Crippen LogP contribution is 2.18.